The molecule has 18 heavy (non-hydrogen) atoms. The number of hydrogen-bond donors (Lipinski definition) is 1. The van der Waals surface area contributed by atoms with Crippen LogP contribution in [0.15, 0.2) is 0 Å². The maximum Gasteiger partial charge on any atom is 0.236 e. The molecule has 4 heteroatoms. The second kappa shape index (κ2) is 6.53. The van der Waals surface area contributed by atoms with Crippen molar-refractivity contribution in [3.05, 3.63) is 0 Å². The first-order valence-electron chi connectivity index (χ1n) is 6.95. The molecule has 0 bridgehead atoms. The molecule has 4 nitrogen and oxygen atoms in total. The molecule has 0 saturated carbocycles. The molecule has 0 aliphatic carbocycles. The fourth-order valence-corrected chi connectivity index (χ4v) is 2.28. The highest BCUT2D eigenvalue weighted by Crippen LogP contribution is 2.17. The van der Waals surface area contributed by atoms with Crippen molar-refractivity contribution in [2.75, 3.05) is 40.3 Å². The predicted molar refractivity (Wildman–Crippen MR) is 75.6 cm³/mol. The van der Waals surface area contributed by atoms with Crippen molar-refractivity contribution in [2.45, 2.75) is 39.2 Å². The molecule has 1 atom stereocenters. The Balaban J connectivity index is 2.38. The number of likely N-dealkylation sites (N-methyl/N-ethyl adjacent to an activating group) is 1. The predicted octanol–water partition coefficient (Wildman–Crippen LogP) is 1.17. The summed E-state index contributed by atoms with van der Waals surface area (Å²) in [6.45, 7) is 9.93. The van der Waals surface area contributed by atoms with Gasteiger partial charge in [0, 0.05) is 25.2 Å². The Hall–Kier alpha value is -0.610. The van der Waals surface area contributed by atoms with Crippen LogP contribution in [0.2, 0.25) is 0 Å². The number of piperidine rings is 1. The van der Waals surface area contributed by atoms with Gasteiger partial charge in [0.1, 0.15) is 0 Å². The van der Waals surface area contributed by atoms with Gasteiger partial charge in [0.2, 0.25) is 5.91 Å². The summed E-state index contributed by atoms with van der Waals surface area (Å²) in [5.74, 6) is 0.865. The topological polar surface area (TPSA) is 35.6 Å². The number of carbonyl (C=O) groups excluding carboxylic acids is 1. The van der Waals surface area contributed by atoms with Gasteiger partial charge in [-0.15, -0.1) is 0 Å². The van der Waals surface area contributed by atoms with Crippen molar-refractivity contribution in [1.82, 2.24) is 15.1 Å². The highest BCUT2D eigenvalue weighted by atomic mass is 16.2. The van der Waals surface area contributed by atoms with Crippen LogP contribution in [0.25, 0.3) is 0 Å². The third-order valence-electron chi connectivity index (χ3n) is 3.24. The van der Waals surface area contributed by atoms with Crippen LogP contribution < -0.4 is 5.32 Å². The van der Waals surface area contributed by atoms with Gasteiger partial charge >= 0.3 is 0 Å². The Labute approximate surface area is 112 Å². The molecule has 106 valence electrons. The zero-order chi connectivity index (χ0) is 13.8. The molecule has 1 N–H and O–H groups in total. The molecule has 0 radical (unpaired) electrons. The molecule has 0 unspecified atom stereocenters. The molecule has 1 aliphatic heterocycles. The fraction of sp³-hybridized carbons (Fsp3) is 0.929. The molecular weight excluding hydrogens is 226 g/mol. The van der Waals surface area contributed by atoms with E-state index in [2.05, 4.69) is 26.1 Å². The minimum Gasteiger partial charge on any atom is -0.341 e. The monoisotopic (exact) mass is 255 g/mol. The number of carbonyl (C=O) groups is 1. The summed E-state index contributed by atoms with van der Waals surface area (Å²) in [5, 5.41) is 3.54. The van der Waals surface area contributed by atoms with Gasteiger partial charge in [0.05, 0.1) is 6.54 Å². The highest BCUT2D eigenvalue weighted by molar-refractivity contribution is 5.78. The summed E-state index contributed by atoms with van der Waals surface area (Å²) in [4.78, 5) is 16.0. The van der Waals surface area contributed by atoms with Crippen molar-refractivity contribution in [2.24, 2.45) is 5.92 Å². The van der Waals surface area contributed by atoms with Gasteiger partial charge in [-0.05, 0) is 53.6 Å². The Morgan fingerprint density at radius 2 is 2.06 bits per heavy atom. The lowest BCUT2D eigenvalue weighted by Crippen LogP contribution is -2.48. The summed E-state index contributed by atoms with van der Waals surface area (Å²) in [6.07, 6.45) is 2.37. The van der Waals surface area contributed by atoms with Gasteiger partial charge in [-0.3, -0.25) is 4.79 Å². The molecular formula is C14H29N3O. The van der Waals surface area contributed by atoms with Crippen LogP contribution in [0.1, 0.15) is 33.6 Å². The number of rotatable bonds is 4. The molecule has 1 rings (SSSR count). The van der Waals surface area contributed by atoms with Crippen molar-refractivity contribution in [3.63, 3.8) is 0 Å². The number of amides is 1. The fourth-order valence-electron chi connectivity index (χ4n) is 2.28. The van der Waals surface area contributed by atoms with E-state index < -0.39 is 0 Å². The summed E-state index contributed by atoms with van der Waals surface area (Å²) in [6, 6.07) is 0. The van der Waals surface area contributed by atoms with Crippen LogP contribution >= 0.6 is 0 Å². The van der Waals surface area contributed by atoms with Gasteiger partial charge < -0.3 is 15.1 Å². The van der Waals surface area contributed by atoms with E-state index in [1.807, 2.05) is 23.9 Å². The molecule has 0 aromatic heterocycles. The van der Waals surface area contributed by atoms with Gasteiger partial charge in [-0.25, -0.2) is 0 Å². The SMILES string of the molecule is CN(C)CC(=O)N1CCC[C@@H](CNC(C)(C)C)C1. The maximum absolute atomic E-state index is 12.0. The first-order valence-corrected chi connectivity index (χ1v) is 6.95. The van der Waals surface area contributed by atoms with E-state index in [1.54, 1.807) is 0 Å². The van der Waals surface area contributed by atoms with Gasteiger partial charge in [0.15, 0.2) is 0 Å². The van der Waals surface area contributed by atoms with Crippen LogP contribution in [0.3, 0.4) is 0 Å². The van der Waals surface area contributed by atoms with Crippen LogP contribution in [-0.4, -0.2) is 61.5 Å². The standard InChI is InChI=1S/C14H29N3O/c1-14(2,3)15-9-12-7-6-8-17(10-12)13(18)11-16(4)5/h12,15H,6-11H2,1-5H3/t12-/m0/s1. The average molecular weight is 255 g/mol. The molecule has 0 aromatic rings. The highest BCUT2D eigenvalue weighted by Gasteiger charge is 2.24. The second-order valence-electron chi connectivity index (χ2n) is 6.72. The Bertz CT molecular complexity index is 271. The van der Waals surface area contributed by atoms with Crippen molar-refractivity contribution in [1.29, 1.82) is 0 Å². The third-order valence-corrected chi connectivity index (χ3v) is 3.24. The van der Waals surface area contributed by atoms with E-state index in [9.17, 15) is 4.79 Å². The molecule has 1 amide bonds. The van der Waals surface area contributed by atoms with Crippen LogP contribution in [0, 0.1) is 5.92 Å². The summed E-state index contributed by atoms with van der Waals surface area (Å²) >= 11 is 0. The van der Waals surface area contributed by atoms with E-state index in [0.29, 0.717) is 12.5 Å². The van der Waals surface area contributed by atoms with Crippen LogP contribution in [0.5, 0.6) is 0 Å². The molecule has 1 heterocycles. The second-order valence-corrected chi connectivity index (χ2v) is 6.72. The molecule has 1 saturated heterocycles. The van der Waals surface area contributed by atoms with Crippen molar-refractivity contribution < 1.29 is 4.79 Å². The smallest absolute Gasteiger partial charge is 0.236 e. The van der Waals surface area contributed by atoms with Crippen molar-refractivity contribution >= 4 is 5.91 Å². The van der Waals surface area contributed by atoms with E-state index in [0.717, 1.165) is 26.1 Å². The molecule has 1 fully saturated rings. The van der Waals surface area contributed by atoms with Crippen molar-refractivity contribution in [3.8, 4) is 0 Å². The number of nitrogens with zero attached hydrogens (tertiary/aromatic N) is 2. The summed E-state index contributed by atoms with van der Waals surface area (Å²) in [5.41, 5.74) is 0.163. The number of nitrogens with one attached hydrogen (secondary N) is 1. The van der Waals surface area contributed by atoms with Gasteiger partial charge in [-0.1, -0.05) is 0 Å². The molecule has 0 spiro atoms. The van der Waals surface area contributed by atoms with Gasteiger partial charge in [-0.2, -0.15) is 0 Å². The first-order chi connectivity index (χ1) is 8.28. The lowest BCUT2D eigenvalue weighted by molar-refractivity contribution is -0.133. The Morgan fingerprint density at radius 3 is 2.61 bits per heavy atom. The van der Waals surface area contributed by atoms with E-state index >= 15 is 0 Å². The largest absolute Gasteiger partial charge is 0.341 e. The van der Waals surface area contributed by atoms with E-state index in [-0.39, 0.29) is 11.4 Å². The first kappa shape index (κ1) is 15.4. The van der Waals surface area contributed by atoms with Crippen LogP contribution in [-0.2, 0) is 4.79 Å². The zero-order valence-corrected chi connectivity index (χ0v) is 12.6. The molecule has 1 aliphatic rings. The Kier molecular flexibility index (Phi) is 5.60. The minimum absolute atomic E-state index is 0.163. The van der Waals surface area contributed by atoms with Crippen LogP contribution in [0.4, 0.5) is 0 Å². The lowest BCUT2D eigenvalue weighted by Gasteiger charge is -2.35. The van der Waals surface area contributed by atoms with E-state index in [4.69, 9.17) is 0 Å². The van der Waals surface area contributed by atoms with Gasteiger partial charge in [0.25, 0.3) is 0 Å². The number of likely N-dealkylation sites (tertiary alicyclic amines) is 1. The lowest BCUT2D eigenvalue weighted by atomic mass is 9.96. The zero-order valence-electron chi connectivity index (χ0n) is 12.6. The average Bonchev–Trinajstić information content (AvgIpc) is 2.25. The quantitative estimate of drug-likeness (QED) is 0.819. The summed E-state index contributed by atoms with van der Waals surface area (Å²) < 4.78 is 0. The third kappa shape index (κ3) is 5.83. The van der Waals surface area contributed by atoms with E-state index in [1.165, 1.54) is 6.42 Å². The minimum atomic E-state index is 0.163. The number of hydrogen-bond acceptors (Lipinski definition) is 3. The maximum atomic E-state index is 12.0. The normalized spacial score (nSPS) is 21.4. The summed E-state index contributed by atoms with van der Waals surface area (Å²) in [7, 11) is 3.89. The Morgan fingerprint density at radius 1 is 1.39 bits per heavy atom. The molecule has 0 aromatic carbocycles.